The average Bonchev–Trinajstić information content (AvgIpc) is 2.94. The summed E-state index contributed by atoms with van der Waals surface area (Å²) in [5, 5.41) is 2.96. The van der Waals surface area contributed by atoms with Gasteiger partial charge in [0.15, 0.2) is 0 Å². The first-order valence-corrected chi connectivity index (χ1v) is 9.61. The van der Waals surface area contributed by atoms with Crippen LogP contribution in [-0.2, 0) is 29.5 Å². The molecule has 0 bridgehead atoms. The number of nitrogens with zero attached hydrogens (tertiary/aromatic N) is 2. The monoisotopic (exact) mass is 391 g/mol. The van der Waals surface area contributed by atoms with Gasteiger partial charge in [-0.1, -0.05) is 44.5 Å². The van der Waals surface area contributed by atoms with Crippen molar-refractivity contribution in [3.05, 3.63) is 94.6 Å². The van der Waals surface area contributed by atoms with E-state index in [4.69, 9.17) is 0 Å². The van der Waals surface area contributed by atoms with Crippen LogP contribution in [0.5, 0.6) is 0 Å². The molecule has 0 aromatic carbocycles. The van der Waals surface area contributed by atoms with Crippen molar-refractivity contribution < 1.29 is 12.8 Å². The van der Waals surface area contributed by atoms with Crippen LogP contribution in [0, 0.1) is 0 Å². The molecule has 0 atom stereocenters. The van der Waals surface area contributed by atoms with E-state index in [1.54, 1.807) is 18.2 Å². The van der Waals surface area contributed by atoms with Crippen molar-refractivity contribution in [2.45, 2.75) is 19.5 Å². The number of H-pyrrole nitrogens is 1. The number of rotatable bonds is 8. The van der Waals surface area contributed by atoms with Crippen LogP contribution in [0.3, 0.4) is 0 Å². The first-order chi connectivity index (χ1) is 12.7. The summed E-state index contributed by atoms with van der Waals surface area (Å²) in [4.78, 5) is 12.3. The second kappa shape index (κ2) is 8.32. The highest BCUT2D eigenvalue weighted by Crippen LogP contribution is 2.23. The zero-order chi connectivity index (χ0) is 20.2. The number of aromatic nitrogens is 2. The number of hydrogen-bond acceptors (Lipinski definition) is 3. The lowest BCUT2D eigenvalue weighted by atomic mass is 10.1. The molecule has 1 aliphatic rings. The Kier molecular flexibility index (Phi) is 6.35. The third-order valence-electron chi connectivity index (χ3n) is 4.16. The van der Waals surface area contributed by atoms with E-state index >= 15 is 0 Å². The van der Waals surface area contributed by atoms with E-state index in [9.17, 15) is 17.6 Å². The van der Waals surface area contributed by atoms with Crippen molar-refractivity contribution in [1.29, 1.82) is 0 Å². The largest absolute Gasteiger partial charge is 0.298 e. The Morgan fingerprint density at radius 3 is 2.52 bits per heavy atom. The summed E-state index contributed by atoms with van der Waals surface area (Å²) < 4.78 is 41.1. The lowest BCUT2D eigenvalue weighted by molar-refractivity contribution is 0.390. The molecule has 0 unspecified atom stereocenters. The molecule has 2 rings (SSSR count). The molecule has 144 valence electrons. The van der Waals surface area contributed by atoms with E-state index in [2.05, 4.69) is 31.4 Å². The van der Waals surface area contributed by atoms with Gasteiger partial charge in [0.05, 0.1) is 23.7 Å². The van der Waals surface area contributed by atoms with Gasteiger partial charge in [0.1, 0.15) is 5.83 Å². The SMILES string of the molecule is C=C/C=C(\C=C)Cn1[nH]c2c(c1=O)CCN(S(=O)(=O)/C(C=C)=C/C(=C)F)C2. The zero-order valence-electron chi connectivity index (χ0n) is 14.9. The van der Waals surface area contributed by atoms with Gasteiger partial charge in [-0.25, -0.2) is 17.5 Å². The summed E-state index contributed by atoms with van der Waals surface area (Å²) in [6, 6.07) is 0. The lowest BCUT2D eigenvalue weighted by Gasteiger charge is -2.25. The molecule has 1 aromatic heterocycles. The van der Waals surface area contributed by atoms with E-state index in [0.717, 1.165) is 17.7 Å². The van der Waals surface area contributed by atoms with E-state index in [-0.39, 0.29) is 36.5 Å². The van der Waals surface area contributed by atoms with Gasteiger partial charge >= 0.3 is 0 Å². The minimum atomic E-state index is -3.95. The van der Waals surface area contributed by atoms with Gasteiger partial charge in [-0.05, 0) is 24.1 Å². The van der Waals surface area contributed by atoms with Crippen LogP contribution in [0.1, 0.15) is 11.3 Å². The van der Waals surface area contributed by atoms with Crippen LogP contribution in [0.15, 0.2) is 77.8 Å². The van der Waals surface area contributed by atoms with Gasteiger partial charge in [-0.2, -0.15) is 4.31 Å². The fourth-order valence-corrected chi connectivity index (χ4v) is 4.25. The molecule has 0 saturated carbocycles. The quantitative estimate of drug-likeness (QED) is 0.693. The van der Waals surface area contributed by atoms with Crippen molar-refractivity contribution in [3.8, 4) is 0 Å². The molecule has 0 amide bonds. The maximum atomic E-state index is 13.1. The smallest absolute Gasteiger partial charge is 0.270 e. The fourth-order valence-electron chi connectivity index (χ4n) is 2.83. The van der Waals surface area contributed by atoms with Gasteiger partial charge in [0.2, 0.25) is 10.0 Å². The van der Waals surface area contributed by atoms with Crippen molar-refractivity contribution in [3.63, 3.8) is 0 Å². The number of nitrogens with one attached hydrogen (secondary N) is 1. The van der Waals surface area contributed by atoms with E-state index in [0.29, 0.717) is 11.3 Å². The molecular weight excluding hydrogens is 369 g/mol. The maximum absolute atomic E-state index is 13.1. The predicted octanol–water partition coefficient (Wildman–Crippen LogP) is 2.72. The molecular formula is C19H22FN3O3S. The summed E-state index contributed by atoms with van der Waals surface area (Å²) in [5.74, 6) is -0.878. The summed E-state index contributed by atoms with van der Waals surface area (Å²) in [6.07, 6.45) is 7.10. The third kappa shape index (κ3) is 4.35. The predicted molar refractivity (Wildman–Crippen MR) is 105 cm³/mol. The molecule has 1 aromatic rings. The molecule has 8 heteroatoms. The van der Waals surface area contributed by atoms with Crippen LogP contribution in [0.2, 0.25) is 0 Å². The van der Waals surface area contributed by atoms with Gasteiger partial charge in [-0.3, -0.25) is 9.89 Å². The lowest BCUT2D eigenvalue weighted by Crippen LogP contribution is -2.37. The standard InChI is InChI=1S/C19H22FN3O3S/c1-5-8-15(6-2)12-23-19(24)17-9-10-22(13-18(17)21-23)27(25,26)16(7-3)11-14(4)20/h5-8,11,21H,1-4,9-10,12-13H2/b15-8+,16-11+. The minimum Gasteiger partial charge on any atom is -0.298 e. The van der Waals surface area contributed by atoms with E-state index in [1.807, 2.05) is 0 Å². The molecule has 1 aliphatic heterocycles. The second-order valence-electron chi connectivity index (χ2n) is 5.93. The highest BCUT2D eigenvalue weighted by Gasteiger charge is 2.31. The summed E-state index contributed by atoms with van der Waals surface area (Å²) in [7, 11) is -3.95. The highest BCUT2D eigenvalue weighted by molar-refractivity contribution is 7.93. The first kappa shape index (κ1) is 20.6. The topological polar surface area (TPSA) is 75.2 Å². The van der Waals surface area contributed by atoms with Crippen molar-refractivity contribution in [1.82, 2.24) is 14.1 Å². The van der Waals surface area contributed by atoms with Crippen LogP contribution >= 0.6 is 0 Å². The van der Waals surface area contributed by atoms with Crippen molar-refractivity contribution in [2.75, 3.05) is 6.54 Å². The summed E-state index contributed by atoms with van der Waals surface area (Å²) in [5.41, 5.74) is 1.64. The van der Waals surface area contributed by atoms with Crippen LogP contribution in [0.4, 0.5) is 4.39 Å². The highest BCUT2D eigenvalue weighted by atomic mass is 32.2. The molecule has 0 radical (unpaired) electrons. The molecule has 2 heterocycles. The Bertz CT molecular complexity index is 1010. The van der Waals surface area contributed by atoms with Gasteiger partial charge in [-0.15, -0.1) is 0 Å². The Hall–Kier alpha value is -2.71. The molecule has 0 saturated heterocycles. The van der Waals surface area contributed by atoms with Crippen LogP contribution in [-0.4, -0.2) is 29.0 Å². The zero-order valence-corrected chi connectivity index (χ0v) is 15.8. The Balaban J connectivity index is 2.35. The van der Waals surface area contributed by atoms with E-state index < -0.39 is 15.9 Å². The second-order valence-corrected chi connectivity index (χ2v) is 7.87. The van der Waals surface area contributed by atoms with Crippen LogP contribution in [0.25, 0.3) is 0 Å². The van der Waals surface area contributed by atoms with Gasteiger partial charge in [0.25, 0.3) is 5.56 Å². The number of aromatic amines is 1. The Morgan fingerprint density at radius 1 is 1.26 bits per heavy atom. The fraction of sp³-hybridized carbons (Fsp3) is 0.211. The molecule has 1 N–H and O–H groups in total. The first-order valence-electron chi connectivity index (χ1n) is 8.17. The third-order valence-corrected chi connectivity index (χ3v) is 6.03. The van der Waals surface area contributed by atoms with Crippen molar-refractivity contribution >= 4 is 10.0 Å². The Morgan fingerprint density at radius 2 is 1.96 bits per heavy atom. The number of hydrogen-bond donors (Lipinski definition) is 1. The molecule has 6 nitrogen and oxygen atoms in total. The number of halogens is 1. The molecule has 0 fully saturated rings. The average molecular weight is 391 g/mol. The summed E-state index contributed by atoms with van der Waals surface area (Å²) >= 11 is 0. The van der Waals surface area contributed by atoms with Gasteiger partial charge in [0, 0.05) is 12.1 Å². The molecule has 27 heavy (non-hydrogen) atoms. The number of sulfonamides is 1. The summed E-state index contributed by atoms with van der Waals surface area (Å²) in [6.45, 7) is 14.2. The number of fused-ring (bicyclic) bond motifs is 1. The molecule has 0 spiro atoms. The van der Waals surface area contributed by atoms with E-state index in [1.165, 1.54) is 8.99 Å². The normalized spacial score (nSPS) is 15.9. The van der Waals surface area contributed by atoms with Gasteiger partial charge < -0.3 is 0 Å². The van der Waals surface area contributed by atoms with Crippen molar-refractivity contribution in [2.24, 2.45) is 0 Å². The number of allylic oxidation sites excluding steroid dienone is 7. The Labute approximate surface area is 158 Å². The van der Waals surface area contributed by atoms with Crippen LogP contribution < -0.4 is 5.56 Å². The molecule has 0 aliphatic carbocycles. The maximum Gasteiger partial charge on any atom is 0.270 e. The minimum absolute atomic E-state index is 0.0154.